The van der Waals surface area contributed by atoms with Crippen LogP contribution in [0.5, 0.6) is 0 Å². The Labute approximate surface area is 126 Å². The van der Waals surface area contributed by atoms with E-state index in [-0.39, 0.29) is 6.04 Å². The van der Waals surface area contributed by atoms with Crippen LogP contribution >= 0.6 is 11.3 Å². The van der Waals surface area contributed by atoms with Crippen molar-refractivity contribution in [2.45, 2.75) is 32.0 Å². The molecule has 0 radical (unpaired) electrons. The summed E-state index contributed by atoms with van der Waals surface area (Å²) in [5.74, 6) is 0. The number of alkyl halides is 3. The Balaban J connectivity index is 2.17. The number of benzene rings is 1. The van der Waals surface area contributed by atoms with Gasteiger partial charge in [-0.2, -0.15) is 13.2 Å². The summed E-state index contributed by atoms with van der Waals surface area (Å²) in [4.78, 5) is 4.14. The molecule has 0 fully saturated rings. The lowest BCUT2D eigenvalue weighted by molar-refractivity contribution is -0.137. The second-order valence-electron chi connectivity index (χ2n) is 4.76. The zero-order valence-corrected chi connectivity index (χ0v) is 12.5. The number of nitrogens with one attached hydrogen (secondary N) is 1. The topological polar surface area (TPSA) is 24.9 Å². The summed E-state index contributed by atoms with van der Waals surface area (Å²) in [5.41, 5.74) is 1.09. The van der Waals surface area contributed by atoms with Gasteiger partial charge in [-0.3, -0.25) is 0 Å². The summed E-state index contributed by atoms with van der Waals surface area (Å²) in [6.07, 6.45) is -1.45. The van der Waals surface area contributed by atoms with Crippen LogP contribution in [0.4, 0.5) is 13.2 Å². The SMILES string of the molecule is CCCNC(Cc1ccccc1)c1cnc(C(F)(F)F)s1. The molecule has 6 heteroatoms. The number of hydrogen-bond donors (Lipinski definition) is 1. The first kappa shape index (κ1) is 16.0. The van der Waals surface area contributed by atoms with E-state index in [1.54, 1.807) is 0 Å². The number of rotatable bonds is 6. The maximum atomic E-state index is 12.7. The van der Waals surface area contributed by atoms with Gasteiger partial charge in [0.15, 0.2) is 5.01 Å². The highest BCUT2D eigenvalue weighted by Gasteiger charge is 2.35. The lowest BCUT2D eigenvalue weighted by Crippen LogP contribution is -2.23. The third kappa shape index (κ3) is 4.54. The van der Waals surface area contributed by atoms with Crippen molar-refractivity contribution < 1.29 is 13.2 Å². The number of halogens is 3. The van der Waals surface area contributed by atoms with Gasteiger partial charge in [-0.1, -0.05) is 37.3 Å². The molecule has 1 unspecified atom stereocenters. The molecule has 0 aliphatic carbocycles. The van der Waals surface area contributed by atoms with Crippen molar-refractivity contribution in [1.29, 1.82) is 0 Å². The second kappa shape index (κ2) is 7.04. The van der Waals surface area contributed by atoms with E-state index in [1.165, 1.54) is 6.20 Å². The zero-order chi connectivity index (χ0) is 15.3. The van der Waals surface area contributed by atoms with Gasteiger partial charge in [-0.15, -0.1) is 11.3 Å². The fourth-order valence-corrected chi connectivity index (χ4v) is 2.88. The summed E-state index contributed by atoms with van der Waals surface area (Å²) < 4.78 is 38.0. The Bertz CT molecular complexity index is 552. The van der Waals surface area contributed by atoms with Crippen LogP contribution in [-0.4, -0.2) is 11.5 Å². The van der Waals surface area contributed by atoms with Crippen molar-refractivity contribution in [3.05, 3.63) is 52.0 Å². The third-order valence-corrected chi connectivity index (χ3v) is 4.19. The van der Waals surface area contributed by atoms with E-state index in [0.29, 0.717) is 11.3 Å². The molecule has 114 valence electrons. The van der Waals surface area contributed by atoms with Gasteiger partial charge in [-0.25, -0.2) is 4.98 Å². The average molecular weight is 314 g/mol. The summed E-state index contributed by atoms with van der Waals surface area (Å²) >= 11 is 0.719. The van der Waals surface area contributed by atoms with E-state index in [0.717, 1.165) is 29.9 Å². The largest absolute Gasteiger partial charge is 0.443 e. The molecular weight excluding hydrogens is 297 g/mol. The molecule has 1 atom stereocenters. The molecule has 0 aliphatic heterocycles. The zero-order valence-electron chi connectivity index (χ0n) is 11.7. The Morgan fingerprint density at radius 3 is 2.52 bits per heavy atom. The maximum absolute atomic E-state index is 12.7. The van der Waals surface area contributed by atoms with Crippen molar-refractivity contribution in [3.8, 4) is 0 Å². The fraction of sp³-hybridized carbons (Fsp3) is 0.400. The minimum atomic E-state index is -4.37. The van der Waals surface area contributed by atoms with Crippen LogP contribution in [0.2, 0.25) is 0 Å². The van der Waals surface area contributed by atoms with E-state index in [2.05, 4.69) is 10.3 Å². The number of aromatic nitrogens is 1. The summed E-state index contributed by atoms with van der Waals surface area (Å²) in [5, 5.41) is 2.52. The van der Waals surface area contributed by atoms with Crippen molar-refractivity contribution in [2.24, 2.45) is 0 Å². The van der Waals surface area contributed by atoms with Crippen molar-refractivity contribution in [3.63, 3.8) is 0 Å². The van der Waals surface area contributed by atoms with Crippen LogP contribution in [0, 0.1) is 0 Å². The molecule has 0 bridgehead atoms. The monoisotopic (exact) mass is 314 g/mol. The third-order valence-electron chi connectivity index (χ3n) is 3.03. The molecule has 0 saturated carbocycles. The van der Waals surface area contributed by atoms with Gasteiger partial charge in [0.2, 0.25) is 0 Å². The van der Waals surface area contributed by atoms with Crippen LogP contribution in [0.1, 0.15) is 34.8 Å². The van der Waals surface area contributed by atoms with Crippen molar-refractivity contribution in [1.82, 2.24) is 10.3 Å². The molecule has 1 aromatic heterocycles. The molecule has 1 aromatic carbocycles. The number of thiazole rings is 1. The molecule has 1 N–H and O–H groups in total. The van der Waals surface area contributed by atoms with E-state index in [4.69, 9.17) is 0 Å². The lowest BCUT2D eigenvalue weighted by atomic mass is 10.1. The Hall–Kier alpha value is -1.40. The van der Waals surface area contributed by atoms with Gasteiger partial charge in [0, 0.05) is 17.1 Å². The Morgan fingerprint density at radius 2 is 1.95 bits per heavy atom. The van der Waals surface area contributed by atoms with Crippen molar-refractivity contribution in [2.75, 3.05) is 6.54 Å². The standard InChI is InChI=1S/C15H17F3N2S/c1-2-8-19-12(9-11-6-4-3-5-7-11)13-10-20-14(21-13)15(16,17)18/h3-7,10,12,19H,2,8-9H2,1H3. The van der Waals surface area contributed by atoms with Crippen LogP contribution in [0.3, 0.4) is 0 Å². The first-order valence-corrected chi connectivity index (χ1v) is 7.62. The molecule has 2 rings (SSSR count). The van der Waals surface area contributed by atoms with Crippen LogP contribution in [-0.2, 0) is 12.6 Å². The highest BCUT2D eigenvalue weighted by atomic mass is 32.1. The smallest absolute Gasteiger partial charge is 0.309 e. The minimum absolute atomic E-state index is 0.138. The Kier molecular flexibility index (Phi) is 5.36. The molecule has 21 heavy (non-hydrogen) atoms. The van der Waals surface area contributed by atoms with E-state index >= 15 is 0 Å². The second-order valence-corrected chi connectivity index (χ2v) is 5.82. The van der Waals surface area contributed by atoms with Crippen molar-refractivity contribution >= 4 is 11.3 Å². The summed E-state index contributed by atoms with van der Waals surface area (Å²) in [7, 11) is 0. The molecule has 0 aliphatic rings. The predicted molar refractivity (Wildman–Crippen MR) is 78.3 cm³/mol. The normalized spacial score (nSPS) is 13.3. The predicted octanol–water partition coefficient (Wildman–Crippen LogP) is 4.45. The van der Waals surface area contributed by atoms with Crippen LogP contribution < -0.4 is 5.32 Å². The number of nitrogens with zero attached hydrogens (tertiary/aromatic N) is 1. The molecule has 0 saturated heterocycles. The summed E-state index contributed by atoms with van der Waals surface area (Å²) in [6, 6.07) is 9.60. The molecule has 0 spiro atoms. The van der Waals surface area contributed by atoms with E-state index in [1.807, 2.05) is 37.3 Å². The van der Waals surface area contributed by atoms with Gasteiger partial charge in [0.25, 0.3) is 0 Å². The van der Waals surface area contributed by atoms with Gasteiger partial charge in [0.05, 0.1) is 0 Å². The Morgan fingerprint density at radius 1 is 1.24 bits per heavy atom. The van der Waals surface area contributed by atoms with Gasteiger partial charge in [0.1, 0.15) is 0 Å². The van der Waals surface area contributed by atoms with Crippen LogP contribution in [0.15, 0.2) is 36.5 Å². The molecule has 2 nitrogen and oxygen atoms in total. The highest BCUT2D eigenvalue weighted by Crippen LogP contribution is 2.35. The van der Waals surface area contributed by atoms with E-state index < -0.39 is 11.2 Å². The van der Waals surface area contributed by atoms with E-state index in [9.17, 15) is 13.2 Å². The van der Waals surface area contributed by atoms with Gasteiger partial charge in [-0.05, 0) is 24.9 Å². The fourth-order valence-electron chi connectivity index (χ4n) is 2.02. The highest BCUT2D eigenvalue weighted by molar-refractivity contribution is 7.11. The summed E-state index contributed by atoms with van der Waals surface area (Å²) in [6.45, 7) is 2.79. The first-order chi connectivity index (χ1) is 10.0. The first-order valence-electron chi connectivity index (χ1n) is 6.81. The maximum Gasteiger partial charge on any atom is 0.443 e. The minimum Gasteiger partial charge on any atom is -0.309 e. The lowest BCUT2D eigenvalue weighted by Gasteiger charge is -2.16. The molecule has 0 amide bonds. The van der Waals surface area contributed by atoms with Gasteiger partial charge < -0.3 is 5.32 Å². The number of hydrogen-bond acceptors (Lipinski definition) is 3. The quantitative estimate of drug-likeness (QED) is 0.852. The van der Waals surface area contributed by atoms with Crippen LogP contribution in [0.25, 0.3) is 0 Å². The van der Waals surface area contributed by atoms with Gasteiger partial charge >= 0.3 is 6.18 Å². The molecular formula is C15H17F3N2S. The molecule has 2 aromatic rings. The molecule has 1 heterocycles. The average Bonchev–Trinajstić information content (AvgIpc) is 2.94.